The largest absolute Gasteiger partial charge is 0.396 e. The minimum Gasteiger partial charge on any atom is -0.396 e. The van der Waals surface area contributed by atoms with Gasteiger partial charge in [0.15, 0.2) is 0 Å². The molecule has 17 heavy (non-hydrogen) atoms. The lowest BCUT2D eigenvalue weighted by Crippen LogP contribution is -2.23. The normalized spacial score (nSPS) is 14.2. The van der Waals surface area contributed by atoms with Gasteiger partial charge in [-0.05, 0) is 12.0 Å². The molecule has 94 valence electrons. The predicted molar refractivity (Wildman–Crippen MR) is 67.5 cm³/mol. The van der Waals surface area contributed by atoms with Crippen molar-refractivity contribution in [3.63, 3.8) is 0 Å². The van der Waals surface area contributed by atoms with E-state index in [1.807, 2.05) is 30.3 Å². The quantitative estimate of drug-likeness (QED) is 0.534. The van der Waals surface area contributed by atoms with E-state index in [9.17, 15) is 5.11 Å². The molecule has 2 unspecified atom stereocenters. The van der Waals surface area contributed by atoms with Gasteiger partial charge in [-0.2, -0.15) is 0 Å². The van der Waals surface area contributed by atoms with Crippen molar-refractivity contribution in [1.82, 2.24) is 0 Å². The molecule has 0 saturated carbocycles. The SMILES string of the molecule is C=CC(CO)C(O)CCOCc1ccccc1. The second-order valence-corrected chi connectivity index (χ2v) is 3.98. The Morgan fingerprint density at radius 2 is 2.00 bits per heavy atom. The molecule has 2 atom stereocenters. The van der Waals surface area contributed by atoms with Gasteiger partial charge in [0.1, 0.15) is 0 Å². The molecule has 1 rings (SSSR count). The van der Waals surface area contributed by atoms with Crippen LogP contribution in [-0.4, -0.2) is 29.5 Å². The predicted octanol–water partition coefficient (Wildman–Crippen LogP) is 1.75. The number of aliphatic hydroxyl groups excluding tert-OH is 2. The summed E-state index contributed by atoms with van der Waals surface area (Å²) in [6, 6.07) is 9.89. The third kappa shape index (κ3) is 5.13. The molecule has 1 aromatic rings. The number of benzene rings is 1. The Morgan fingerprint density at radius 1 is 1.29 bits per heavy atom. The first kappa shape index (κ1) is 13.9. The van der Waals surface area contributed by atoms with E-state index in [0.29, 0.717) is 19.6 Å². The average Bonchev–Trinajstić information content (AvgIpc) is 2.37. The van der Waals surface area contributed by atoms with Crippen LogP contribution < -0.4 is 0 Å². The first-order chi connectivity index (χ1) is 8.27. The van der Waals surface area contributed by atoms with Crippen molar-refractivity contribution in [2.45, 2.75) is 19.1 Å². The molecule has 3 nitrogen and oxygen atoms in total. The van der Waals surface area contributed by atoms with Gasteiger partial charge >= 0.3 is 0 Å². The lowest BCUT2D eigenvalue weighted by molar-refractivity contribution is 0.0411. The van der Waals surface area contributed by atoms with Gasteiger partial charge in [-0.25, -0.2) is 0 Å². The molecule has 0 fully saturated rings. The summed E-state index contributed by atoms with van der Waals surface area (Å²) in [4.78, 5) is 0. The summed E-state index contributed by atoms with van der Waals surface area (Å²) in [5, 5.41) is 18.7. The number of hydrogen-bond acceptors (Lipinski definition) is 3. The molecule has 0 aliphatic carbocycles. The minimum absolute atomic E-state index is 0.0800. The first-order valence-electron chi connectivity index (χ1n) is 5.81. The summed E-state index contributed by atoms with van der Waals surface area (Å²) in [5.41, 5.74) is 1.12. The monoisotopic (exact) mass is 236 g/mol. The van der Waals surface area contributed by atoms with E-state index >= 15 is 0 Å². The van der Waals surface area contributed by atoms with Crippen LogP contribution in [0.5, 0.6) is 0 Å². The van der Waals surface area contributed by atoms with Crippen LogP contribution in [0.25, 0.3) is 0 Å². The van der Waals surface area contributed by atoms with Crippen molar-refractivity contribution in [3.8, 4) is 0 Å². The topological polar surface area (TPSA) is 49.7 Å². The third-order valence-electron chi connectivity index (χ3n) is 2.68. The zero-order chi connectivity index (χ0) is 12.5. The fourth-order valence-electron chi connectivity index (χ4n) is 1.54. The fourth-order valence-corrected chi connectivity index (χ4v) is 1.54. The highest BCUT2D eigenvalue weighted by atomic mass is 16.5. The Labute approximate surface area is 102 Å². The van der Waals surface area contributed by atoms with E-state index in [1.165, 1.54) is 0 Å². The van der Waals surface area contributed by atoms with Crippen LogP contribution in [0, 0.1) is 5.92 Å². The highest BCUT2D eigenvalue weighted by Crippen LogP contribution is 2.09. The molecule has 0 spiro atoms. The van der Waals surface area contributed by atoms with Gasteiger partial charge in [-0.3, -0.25) is 0 Å². The van der Waals surface area contributed by atoms with Crippen LogP contribution in [0.3, 0.4) is 0 Å². The summed E-state index contributed by atoms with van der Waals surface area (Å²) >= 11 is 0. The van der Waals surface area contributed by atoms with E-state index in [0.717, 1.165) is 5.56 Å². The zero-order valence-corrected chi connectivity index (χ0v) is 9.96. The maximum Gasteiger partial charge on any atom is 0.0716 e. The standard InChI is InChI=1S/C14H20O3/c1-2-13(10-15)14(16)8-9-17-11-12-6-4-3-5-7-12/h2-7,13-16H,1,8-11H2. The summed E-state index contributed by atoms with van der Waals surface area (Å²) in [5.74, 6) is -0.268. The zero-order valence-electron chi connectivity index (χ0n) is 9.96. The van der Waals surface area contributed by atoms with E-state index in [-0.39, 0.29) is 12.5 Å². The Balaban J connectivity index is 2.18. The van der Waals surface area contributed by atoms with E-state index in [4.69, 9.17) is 9.84 Å². The molecular weight excluding hydrogens is 216 g/mol. The molecule has 0 aliphatic heterocycles. The van der Waals surface area contributed by atoms with Crippen LogP contribution in [0.4, 0.5) is 0 Å². The maximum absolute atomic E-state index is 9.69. The molecule has 3 heteroatoms. The van der Waals surface area contributed by atoms with Crippen LogP contribution in [0.2, 0.25) is 0 Å². The molecule has 0 radical (unpaired) electrons. The second kappa shape index (κ2) is 8.01. The Bertz CT molecular complexity index is 311. The lowest BCUT2D eigenvalue weighted by atomic mass is 10.0. The molecule has 0 saturated heterocycles. The smallest absolute Gasteiger partial charge is 0.0716 e. The van der Waals surface area contributed by atoms with Crippen LogP contribution in [0.15, 0.2) is 43.0 Å². The van der Waals surface area contributed by atoms with Crippen molar-refractivity contribution < 1.29 is 14.9 Å². The van der Waals surface area contributed by atoms with Crippen LogP contribution in [-0.2, 0) is 11.3 Å². The van der Waals surface area contributed by atoms with Gasteiger partial charge in [0.2, 0.25) is 0 Å². The Kier molecular flexibility index (Phi) is 6.55. The molecule has 0 aliphatic rings. The number of rotatable bonds is 8. The maximum atomic E-state index is 9.69. The number of aliphatic hydroxyl groups is 2. The van der Waals surface area contributed by atoms with Crippen molar-refractivity contribution in [3.05, 3.63) is 48.6 Å². The summed E-state index contributed by atoms with van der Waals surface area (Å²) < 4.78 is 5.45. The van der Waals surface area contributed by atoms with Gasteiger partial charge in [0.25, 0.3) is 0 Å². The molecule has 0 amide bonds. The number of hydrogen-bond donors (Lipinski definition) is 2. The average molecular weight is 236 g/mol. The molecule has 0 aromatic heterocycles. The second-order valence-electron chi connectivity index (χ2n) is 3.98. The van der Waals surface area contributed by atoms with Crippen LogP contribution in [0.1, 0.15) is 12.0 Å². The fraction of sp³-hybridized carbons (Fsp3) is 0.429. The van der Waals surface area contributed by atoms with Crippen molar-refractivity contribution in [1.29, 1.82) is 0 Å². The van der Waals surface area contributed by atoms with E-state index in [1.54, 1.807) is 6.08 Å². The Morgan fingerprint density at radius 3 is 2.59 bits per heavy atom. The summed E-state index contributed by atoms with van der Waals surface area (Å²) in [6.07, 6.45) is 1.49. The molecule has 0 bridgehead atoms. The van der Waals surface area contributed by atoms with Crippen molar-refractivity contribution in [2.75, 3.05) is 13.2 Å². The molecule has 1 aromatic carbocycles. The van der Waals surface area contributed by atoms with E-state index in [2.05, 4.69) is 6.58 Å². The van der Waals surface area contributed by atoms with Crippen LogP contribution >= 0.6 is 0 Å². The first-order valence-corrected chi connectivity index (χ1v) is 5.81. The van der Waals surface area contributed by atoms with Gasteiger partial charge < -0.3 is 14.9 Å². The van der Waals surface area contributed by atoms with E-state index < -0.39 is 6.10 Å². The van der Waals surface area contributed by atoms with Gasteiger partial charge in [0.05, 0.1) is 19.3 Å². The molecular formula is C14H20O3. The molecule has 0 heterocycles. The van der Waals surface area contributed by atoms with Gasteiger partial charge in [-0.15, -0.1) is 6.58 Å². The third-order valence-corrected chi connectivity index (χ3v) is 2.68. The van der Waals surface area contributed by atoms with Gasteiger partial charge in [0, 0.05) is 12.5 Å². The summed E-state index contributed by atoms with van der Waals surface area (Å²) in [7, 11) is 0. The van der Waals surface area contributed by atoms with Crippen molar-refractivity contribution in [2.24, 2.45) is 5.92 Å². The molecule has 2 N–H and O–H groups in total. The minimum atomic E-state index is -0.590. The highest BCUT2D eigenvalue weighted by Gasteiger charge is 2.14. The Hall–Kier alpha value is -1.16. The highest BCUT2D eigenvalue weighted by molar-refractivity contribution is 5.13. The van der Waals surface area contributed by atoms with Gasteiger partial charge in [-0.1, -0.05) is 36.4 Å². The summed E-state index contributed by atoms with van der Waals surface area (Å²) in [6.45, 7) is 4.51. The van der Waals surface area contributed by atoms with Crippen molar-refractivity contribution >= 4 is 0 Å². The number of ether oxygens (including phenoxy) is 1. The lowest BCUT2D eigenvalue weighted by Gasteiger charge is -2.17.